The first-order valence-electron chi connectivity index (χ1n) is 12.1. The Morgan fingerprint density at radius 2 is 1.89 bits per heavy atom. The molecule has 2 aliphatic carbocycles. The standard InChI is InChI=1S/C27H29F3N4O2/c1-16-12-20(15-26(2,3)14-16)34-23-13-17(24(35)31-18-5-6-18)4-11-22(23)33-25(34)32-19-7-9-21(10-8-19)36-27(28,29)30/h4,7-11,13,18,20H,1,5-6,12,14-15H2,2-3H3,(H,31,35)(H,32,33). The van der Waals surface area contributed by atoms with Gasteiger partial charge in [-0.2, -0.15) is 0 Å². The highest BCUT2D eigenvalue weighted by atomic mass is 19.4. The molecule has 1 atom stereocenters. The van der Waals surface area contributed by atoms with Crippen molar-refractivity contribution in [1.82, 2.24) is 14.9 Å². The van der Waals surface area contributed by atoms with E-state index in [1.54, 1.807) is 6.07 Å². The smallest absolute Gasteiger partial charge is 0.406 e. The molecule has 0 bridgehead atoms. The van der Waals surface area contributed by atoms with Crippen LogP contribution in [0.5, 0.6) is 5.75 Å². The summed E-state index contributed by atoms with van der Waals surface area (Å²) in [5, 5.41) is 6.30. The van der Waals surface area contributed by atoms with E-state index in [-0.39, 0.29) is 29.2 Å². The molecule has 0 radical (unpaired) electrons. The zero-order valence-electron chi connectivity index (χ0n) is 20.3. The Hall–Kier alpha value is -3.49. The monoisotopic (exact) mass is 498 g/mol. The molecule has 2 saturated carbocycles. The molecule has 6 nitrogen and oxygen atoms in total. The van der Waals surface area contributed by atoms with Gasteiger partial charge in [-0.15, -0.1) is 13.2 Å². The summed E-state index contributed by atoms with van der Waals surface area (Å²) in [6.07, 6.45) is -0.126. The molecule has 9 heteroatoms. The number of nitrogens with one attached hydrogen (secondary N) is 2. The van der Waals surface area contributed by atoms with Crippen LogP contribution in [-0.2, 0) is 0 Å². The third kappa shape index (κ3) is 5.50. The molecule has 2 aliphatic rings. The number of fused-ring (bicyclic) bond motifs is 1. The normalized spacial score (nSPS) is 19.8. The van der Waals surface area contributed by atoms with Crippen LogP contribution in [0.2, 0.25) is 0 Å². The summed E-state index contributed by atoms with van der Waals surface area (Å²) in [4.78, 5) is 17.5. The van der Waals surface area contributed by atoms with E-state index in [0.717, 1.165) is 48.7 Å². The number of amides is 1. The number of rotatable bonds is 6. The van der Waals surface area contributed by atoms with E-state index in [0.29, 0.717) is 17.2 Å². The first-order chi connectivity index (χ1) is 17.0. The molecule has 1 aromatic heterocycles. The lowest BCUT2D eigenvalue weighted by Gasteiger charge is -2.38. The first-order valence-corrected chi connectivity index (χ1v) is 12.1. The molecule has 5 rings (SSSR count). The van der Waals surface area contributed by atoms with Gasteiger partial charge in [0.25, 0.3) is 5.91 Å². The van der Waals surface area contributed by atoms with Crippen LogP contribution in [-0.4, -0.2) is 27.9 Å². The van der Waals surface area contributed by atoms with Gasteiger partial charge in [0.15, 0.2) is 0 Å². The van der Waals surface area contributed by atoms with Gasteiger partial charge in [-0.3, -0.25) is 4.79 Å². The van der Waals surface area contributed by atoms with Crippen molar-refractivity contribution in [2.75, 3.05) is 5.32 Å². The summed E-state index contributed by atoms with van der Waals surface area (Å²) in [6.45, 7) is 8.69. The van der Waals surface area contributed by atoms with Gasteiger partial charge in [-0.1, -0.05) is 26.0 Å². The minimum absolute atomic E-state index is 0.0470. The van der Waals surface area contributed by atoms with E-state index in [1.807, 2.05) is 12.1 Å². The highest BCUT2D eigenvalue weighted by Gasteiger charge is 2.34. The van der Waals surface area contributed by atoms with Gasteiger partial charge >= 0.3 is 6.36 Å². The molecule has 2 N–H and O–H groups in total. The average Bonchev–Trinajstić information content (AvgIpc) is 3.50. The number of halogens is 3. The number of benzene rings is 2. The van der Waals surface area contributed by atoms with E-state index in [9.17, 15) is 18.0 Å². The number of carbonyl (C=O) groups excluding carboxylic acids is 1. The predicted molar refractivity (Wildman–Crippen MR) is 132 cm³/mol. The van der Waals surface area contributed by atoms with E-state index < -0.39 is 6.36 Å². The van der Waals surface area contributed by atoms with Crippen molar-refractivity contribution in [1.29, 1.82) is 0 Å². The Bertz CT molecular complexity index is 1310. The lowest BCUT2D eigenvalue weighted by molar-refractivity contribution is -0.274. The zero-order valence-corrected chi connectivity index (χ0v) is 20.3. The summed E-state index contributed by atoms with van der Waals surface area (Å²) in [5.74, 6) is 0.165. The molecule has 0 spiro atoms. The van der Waals surface area contributed by atoms with Crippen LogP contribution in [0.15, 0.2) is 54.6 Å². The summed E-state index contributed by atoms with van der Waals surface area (Å²) in [6, 6.07) is 11.3. The maximum atomic E-state index is 12.7. The van der Waals surface area contributed by atoms with E-state index >= 15 is 0 Å². The minimum atomic E-state index is -4.75. The molecular weight excluding hydrogens is 469 g/mol. The fraction of sp³-hybridized carbons (Fsp3) is 0.407. The Balaban J connectivity index is 1.52. The van der Waals surface area contributed by atoms with Gasteiger partial charge in [0.1, 0.15) is 5.75 Å². The minimum Gasteiger partial charge on any atom is -0.406 e. The quantitative estimate of drug-likeness (QED) is 0.364. The van der Waals surface area contributed by atoms with Crippen LogP contribution in [0.4, 0.5) is 24.8 Å². The van der Waals surface area contributed by atoms with Crippen molar-refractivity contribution in [2.45, 2.75) is 64.4 Å². The van der Waals surface area contributed by atoms with Gasteiger partial charge in [0, 0.05) is 23.3 Å². The maximum absolute atomic E-state index is 12.7. The van der Waals surface area contributed by atoms with E-state index in [4.69, 9.17) is 4.98 Å². The van der Waals surface area contributed by atoms with Crippen molar-refractivity contribution >= 4 is 28.6 Å². The van der Waals surface area contributed by atoms with Crippen LogP contribution < -0.4 is 15.4 Å². The second kappa shape index (κ2) is 8.87. The number of hydrogen-bond acceptors (Lipinski definition) is 4. The molecular formula is C27H29F3N4O2. The molecule has 1 heterocycles. The molecule has 3 aromatic rings. The lowest BCUT2D eigenvalue weighted by atomic mass is 9.73. The Kier molecular flexibility index (Phi) is 5.97. The van der Waals surface area contributed by atoms with Gasteiger partial charge in [-0.05, 0) is 80.0 Å². The third-order valence-electron chi connectivity index (χ3n) is 6.61. The topological polar surface area (TPSA) is 68.2 Å². The molecule has 0 saturated heterocycles. The average molecular weight is 499 g/mol. The van der Waals surface area contributed by atoms with Crippen molar-refractivity contribution in [3.63, 3.8) is 0 Å². The Labute approximate surface area is 207 Å². The summed E-state index contributed by atoms with van der Waals surface area (Å²) in [5.41, 5.74) is 3.90. The zero-order chi connectivity index (χ0) is 25.7. The number of ether oxygens (including phenoxy) is 1. The van der Waals surface area contributed by atoms with Crippen LogP contribution in [0.1, 0.15) is 62.4 Å². The highest BCUT2D eigenvalue weighted by molar-refractivity contribution is 5.98. The van der Waals surface area contributed by atoms with Crippen molar-refractivity contribution < 1.29 is 22.7 Å². The first kappa shape index (κ1) is 24.2. The molecule has 2 aromatic carbocycles. The SMILES string of the molecule is C=C1CC(n2c(Nc3ccc(OC(F)(F)F)cc3)nc3ccc(C(=O)NC4CC4)cc32)CC(C)(C)C1. The lowest BCUT2D eigenvalue weighted by Crippen LogP contribution is -2.27. The number of nitrogens with zero attached hydrogens (tertiary/aromatic N) is 2. The van der Waals surface area contributed by atoms with Crippen molar-refractivity contribution in [3.05, 3.63) is 60.2 Å². The maximum Gasteiger partial charge on any atom is 0.573 e. The number of carbonyl (C=O) groups is 1. The molecule has 0 aliphatic heterocycles. The van der Waals surface area contributed by atoms with Gasteiger partial charge in [0.05, 0.1) is 11.0 Å². The second-order valence-electron chi connectivity index (χ2n) is 10.6. The Morgan fingerprint density at radius 3 is 2.53 bits per heavy atom. The summed E-state index contributed by atoms with van der Waals surface area (Å²) < 4.78 is 43.7. The third-order valence-corrected chi connectivity index (χ3v) is 6.61. The van der Waals surface area contributed by atoms with Gasteiger partial charge in [0.2, 0.25) is 5.95 Å². The molecule has 36 heavy (non-hydrogen) atoms. The van der Waals surface area contributed by atoms with Crippen LogP contribution >= 0.6 is 0 Å². The number of anilines is 2. The highest BCUT2D eigenvalue weighted by Crippen LogP contribution is 2.45. The van der Waals surface area contributed by atoms with Crippen LogP contribution in [0, 0.1) is 5.41 Å². The Morgan fingerprint density at radius 1 is 1.17 bits per heavy atom. The number of hydrogen-bond donors (Lipinski definition) is 2. The molecule has 1 unspecified atom stereocenters. The van der Waals surface area contributed by atoms with Crippen LogP contribution in [0.25, 0.3) is 11.0 Å². The van der Waals surface area contributed by atoms with E-state index in [1.165, 1.54) is 24.3 Å². The van der Waals surface area contributed by atoms with Gasteiger partial charge in [-0.25, -0.2) is 4.98 Å². The fourth-order valence-electron chi connectivity index (χ4n) is 5.10. The largest absolute Gasteiger partial charge is 0.573 e. The summed E-state index contributed by atoms with van der Waals surface area (Å²) >= 11 is 0. The molecule has 1 amide bonds. The van der Waals surface area contributed by atoms with E-state index in [2.05, 4.69) is 40.4 Å². The number of allylic oxidation sites excluding steroid dienone is 1. The molecule has 190 valence electrons. The van der Waals surface area contributed by atoms with Gasteiger partial charge < -0.3 is 19.9 Å². The van der Waals surface area contributed by atoms with Crippen molar-refractivity contribution in [2.24, 2.45) is 5.41 Å². The summed E-state index contributed by atoms with van der Waals surface area (Å²) in [7, 11) is 0. The number of imidazole rings is 1. The molecule has 2 fully saturated rings. The number of aromatic nitrogens is 2. The van der Waals surface area contributed by atoms with Crippen molar-refractivity contribution in [3.8, 4) is 5.75 Å². The predicted octanol–water partition coefficient (Wildman–Crippen LogP) is 6.88. The van der Waals surface area contributed by atoms with Crippen LogP contribution in [0.3, 0.4) is 0 Å². The fourth-order valence-corrected chi connectivity index (χ4v) is 5.10. The second-order valence-corrected chi connectivity index (χ2v) is 10.6. The number of alkyl halides is 3.